The smallest absolute Gasteiger partial charge is 0.251 e. The van der Waals surface area contributed by atoms with Gasteiger partial charge in [0.15, 0.2) is 0 Å². The van der Waals surface area contributed by atoms with Gasteiger partial charge in [-0.2, -0.15) is 0 Å². The van der Waals surface area contributed by atoms with Gasteiger partial charge in [0.1, 0.15) is 5.75 Å². The first kappa shape index (κ1) is 16.0. The zero-order chi connectivity index (χ0) is 15.6. The first-order chi connectivity index (χ1) is 10.8. The first-order valence-electron chi connectivity index (χ1n) is 7.33. The third-order valence-electron chi connectivity index (χ3n) is 3.15. The summed E-state index contributed by atoms with van der Waals surface area (Å²) >= 11 is 0. The fourth-order valence-corrected chi connectivity index (χ4v) is 2.00. The summed E-state index contributed by atoms with van der Waals surface area (Å²) in [4.78, 5) is 12.0. The Labute approximate surface area is 131 Å². The van der Waals surface area contributed by atoms with Crippen LogP contribution < -0.4 is 10.1 Å². The number of carbonyl (C=O) groups is 1. The van der Waals surface area contributed by atoms with Crippen molar-refractivity contribution in [2.75, 3.05) is 20.3 Å². The molecule has 0 aliphatic carbocycles. The van der Waals surface area contributed by atoms with E-state index in [1.807, 2.05) is 54.6 Å². The minimum atomic E-state index is -0.0660. The molecular formula is C18H21NO3. The van der Waals surface area contributed by atoms with Crippen molar-refractivity contribution in [3.8, 4) is 5.75 Å². The van der Waals surface area contributed by atoms with Gasteiger partial charge in [0.05, 0.1) is 13.2 Å². The maximum atomic E-state index is 12.0. The van der Waals surface area contributed by atoms with Crippen molar-refractivity contribution in [2.45, 2.75) is 13.0 Å². The van der Waals surface area contributed by atoms with Gasteiger partial charge in [-0.3, -0.25) is 4.79 Å². The maximum absolute atomic E-state index is 12.0. The molecule has 0 unspecified atom stereocenters. The van der Waals surface area contributed by atoms with Crippen molar-refractivity contribution in [1.29, 1.82) is 0 Å². The van der Waals surface area contributed by atoms with Crippen LogP contribution in [0.3, 0.4) is 0 Å². The quantitative estimate of drug-likeness (QED) is 0.762. The van der Waals surface area contributed by atoms with Gasteiger partial charge in [0, 0.05) is 19.2 Å². The fourth-order valence-electron chi connectivity index (χ4n) is 2.00. The van der Waals surface area contributed by atoms with E-state index in [2.05, 4.69) is 5.32 Å². The summed E-state index contributed by atoms with van der Waals surface area (Å²) in [5.41, 5.74) is 1.71. The topological polar surface area (TPSA) is 47.6 Å². The van der Waals surface area contributed by atoms with Gasteiger partial charge in [-0.1, -0.05) is 30.3 Å². The van der Waals surface area contributed by atoms with Crippen molar-refractivity contribution >= 4 is 5.91 Å². The molecule has 0 atom stereocenters. The monoisotopic (exact) mass is 299 g/mol. The molecule has 0 aliphatic heterocycles. The van der Waals surface area contributed by atoms with Crippen LogP contribution in [0.15, 0.2) is 54.6 Å². The van der Waals surface area contributed by atoms with Crippen LogP contribution in [0.1, 0.15) is 22.3 Å². The van der Waals surface area contributed by atoms with Gasteiger partial charge in [0.25, 0.3) is 5.91 Å². The van der Waals surface area contributed by atoms with E-state index in [1.54, 1.807) is 7.11 Å². The third-order valence-corrected chi connectivity index (χ3v) is 3.15. The van der Waals surface area contributed by atoms with Gasteiger partial charge in [-0.25, -0.2) is 0 Å². The molecule has 0 radical (unpaired) electrons. The lowest BCUT2D eigenvalue weighted by Crippen LogP contribution is -2.25. The number of nitrogens with one attached hydrogen (secondary N) is 1. The second-order valence-electron chi connectivity index (χ2n) is 4.90. The summed E-state index contributed by atoms with van der Waals surface area (Å²) in [6.45, 7) is 1.72. The molecule has 0 bridgehead atoms. The molecule has 0 aliphatic rings. The standard InChI is InChI=1S/C18H21NO3/c1-21-14-15-8-10-16(11-9-15)18(20)19-12-5-13-22-17-6-3-2-4-7-17/h2-4,6-11H,5,12-14H2,1H3,(H,19,20). The van der Waals surface area contributed by atoms with Crippen molar-refractivity contribution in [3.05, 3.63) is 65.7 Å². The summed E-state index contributed by atoms with van der Waals surface area (Å²) in [6, 6.07) is 17.1. The Morgan fingerprint density at radius 1 is 1.05 bits per heavy atom. The largest absolute Gasteiger partial charge is 0.494 e. The minimum Gasteiger partial charge on any atom is -0.494 e. The highest BCUT2D eigenvalue weighted by Gasteiger charge is 2.04. The maximum Gasteiger partial charge on any atom is 0.251 e. The van der Waals surface area contributed by atoms with Gasteiger partial charge in [-0.05, 0) is 36.2 Å². The number of ether oxygens (including phenoxy) is 2. The number of hydrogen-bond donors (Lipinski definition) is 1. The summed E-state index contributed by atoms with van der Waals surface area (Å²) in [5, 5.41) is 2.89. The third kappa shape index (κ3) is 5.22. The predicted molar refractivity (Wildman–Crippen MR) is 86.0 cm³/mol. The van der Waals surface area contributed by atoms with E-state index in [-0.39, 0.29) is 5.91 Å². The number of carbonyl (C=O) groups excluding carboxylic acids is 1. The normalized spacial score (nSPS) is 10.2. The summed E-state index contributed by atoms with van der Waals surface area (Å²) in [5.74, 6) is 0.784. The predicted octanol–water partition coefficient (Wildman–Crippen LogP) is 3.03. The number of amides is 1. The second-order valence-corrected chi connectivity index (χ2v) is 4.90. The molecule has 116 valence electrons. The molecular weight excluding hydrogens is 278 g/mol. The Morgan fingerprint density at radius 2 is 1.77 bits per heavy atom. The van der Waals surface area contributed by atoms with Crippen molar-refractivity contribution < 1.29 is 14.3 Å². The van der Waals surface area contributed by atoms with E-state index in [9.17, 15) is 4.79 Å². The van der Waals surface area contributed by atoms with E-state index >= 15 is 0 Å². The van der Waals surface area contributed by atoms with Gasteiger partial charge >= 0.3 is 0 Å². The molecule has 2 rings (SSSR count). The zero-order valence-electron chi connectivity index (χ0n) is 12.7. The molecule has 1 amide bonds. The lowest BCUT2D eigenvalue weighted by atomic mass is 10.1. The highest BCUT2D eigenvalue weighted by molar-refractivity contribution is 5.94. The molecule has 0 spiro atoms. The molecule has 0 saturated heterocycles. The van der Waals surface area contributed by atoms with Gasteiger partial charge < -0.3 is 14.8 Å². The fraction of sp³-hybridized carbons (Fsp3) is 0.278. The van der Waals surface area contributed by atoms with Crippen LogP contribution in [0.2, 0.25) is 0 Å². The van der Waals surface area contributed by atoms with E-state index in [0.29, 0.717) is 25.3 Å². The van der Waals surface area contributed by atoms with E-state index < -0.39 is 0 Å². The van der Waals surface area contributed by atoms with Crippen LogP contribution in [-0.4, -0.2) is 26.2 Å². The van der Waals surface area contributed by atoms with Crippen LogP contribution in [0, 0.1) is 0 Å². The summed E-state index contributed by atoms with van der Waals surface area (Å²) in [6.07, 6.45) is 0.766. The molecule has 0 heterocycles. The number of hydrogen-bond acceptors (Lipinski definition) is 3. The molecule has 0 fully saturated rings. The number of para-hydroxylation sites is 1. The van der Waals surface area contributed by atoms with Crippen LogP contribution in [0.25, 0.3) is 0 Å². The SMILES string of the molecule is COCc1ccc(C(=O)NCCCOc2ccccc2)cc1. The molecule has 4 nitrogen and oxygen atoms in total. The number of rotatable bonds is 8. The zero-order valence-corrected chi connectivity index (χ0v) is 12.7. The average Bonchev–Trinajstić information content (AvgIpc) is 2.56. The average molecular weight is 299 g/mol. The van der Waals surface area contributed by atoms with Crippen LogP contribution in [0.5, 0.6) is 5.75 Å². The summed E-state index contributed by atoms with van der Waals surface area (Å²) in [7, 11) is 1.65. The van der Waals surface area contributed by atoms with E-state index in [0.717, 1.165) is 17.7 Å². The first-order valence-corrected chi connectivity index (χ1v) is 7.33. The second kappa shape index (κ2) is 8.85. The molecule has 4 heteroatoms. The number of methoxy groups -OCH3 is 1. The lowest BCUT2D eigenvalue weighted by molar-refractivity contribution is 0.0951. The summed E-state index contributed by atoms with van der Waals surface area (Å²) < 4.78 is 10.6. The lowest BCUT2D eigenvalue weighted by Gasteiger charge is -2.08. The van der Waals surface area contributed by atoms with Crippen LogP contribution in [0.4, 0.5) is 0 Å². The Morgan fingerprint density at radius 3 is 2.45 bits per heavy atom. The number of benzene rings is 2. The Kier molecular flexibility index (Phi) is 6.45. The molecule has 0 saturated carbocycles. The van der Waals surface area contributed by atoms with Crippen molar-refractivity contribution in [3.63, 3.8) is 0 Å². The molecule has 0 aromatic heterocycles. The van der Waals surface area contributed by atoms with Crippen molar-refractivity contribution in [2.24, 2.45) is 0 Å². The van der Waals surface area contributed by atoms with Gasteiger partial charge in [0.2, 0.25) is 0 Å². The highest BCUT2D eigenvalue weighted by atomic mass is 16.5. The molecule has 2 aromatic carbocycles. The van der Waals surface area contributed by atoms with E-state index in [1.165, 1.54) is 0 Å². The van der Waals surface area contributed by atoms with Gasteiger partial charge in [-0.15, -0.1) is 0 Å². The molecule has 1 N–H and O–H groups in total. The highest BCUT2D eigenvalue weighted by Crippen LogP contribution is 2.08. The molecule has 22 heavy (non-hydrogen) atoms. The minimum absolute atomic E-state index is 0.0660. The Hall–Kier alpha value is -2.33. The van der Waals surface area contributed by atoms with Crippen molar-refractivity contribution in [1.82, 2.24) is 5.32 Å². The molecule has 2 aromatic rings. The van der Waals surface area contributed by atoms with Crippen LogP contribution in [-0.2, 0) is 11.3 Å². The Balaban J connectivity index is 1.67. The van der Waals surface area contributed by atoms with E-state index in [4.69, 9.17) is 9.47 Å². The van der Waals surface area contributed by atoms with Crippen LogP contribution >= 0.6 is 0 Å². The Bertz CT molecular complexity index is 567.